The van der Waals surface area contributed by atoms with E-state index in [1.165, 1.54) is 28.5 Å². The number of carbonyl (C=O) groups excluding carboxylic acids is 1. The number of alkyl halides is 1. The van der Waals surface area contributed by atoms with Gasteiger partial charge in [-0.15, -0.1) is 0 Å². The monoisotopic (exact) mass is 391 g/mol. The molecule has 2 rings (SSSR count). The maximum Gasteiger partial charge on any atom is 0.441 e. The van der Waals surface area contributed by atoms with Crippen molar-refractivity contribution >= 4 is 35.6 Å². The fourth-order valence-electron chi connectivity index (χ4n) is 1.93. The second kappa shape index (κ2) is 9.63. The molecular formula is C13H18FN5O4S2. The summed E-state index contributed by atoms with van der Waals surface area (Å²) in [6.07, 6.45) is 5.00. The van der Waals surface area contributed by atoms with E-state index in [1.807, 2.05) is 0 Å². The van der Waals surface area contributed by atoms with Crippen LogP contribution in [0.25, 0.3) is 0 Å². The van der Waals surface area contributed by atoms with E-state index in [2.05, 4.69) is 14.7 Å². The average Bonchev–Trinajstić information content (AvgIpc) is 3.25. The molecule has 0 aromatic carbocycles. The van der Waals surface area contributed by atoms with Gasteiger partial charge >= 0.3 is 11.8 Å². The van der Waals surface area contributed by atoms with Crippen LogP contribution >= 0.6 is 23.7 Å². The predicted molar refractivity (Wildman–Crippen MR) is 93.0 cm³/mol. The summed E-state index contributed by atoms with van der Waals surface area (Å²) in [4.78, 5) is 27.6. The molecule has 2 aromatic heterocycles. The van der Waals surface area contributed by atoms with E-state index in [4.69, 9.17) is 10.2 Å². The van der Waals surface area contributed by atoms with E-state index < -0.39 is 18.5 Å². The summed E-state index contributed by atoms with van der Waals surface area (Å²) in [6, 6.07) is -0.516. The number of nitrogens with two attached hydrogens (primary N) is 1. The molecule has 0 spiro atoms. The Bertz CT molecular complexity index is 720. The Labute approximate surface area is 151 Å². The molecule has 0 aliphatic heterocycles. The van der Waals surface area contributed by atoms with Gasteiger partial charge in [0, 0.05) is 18.6 Å². The van der Waals surface area contributed by atoms with Crippen LogP contribution in [0, 0.1) is 0 Å². The number of halogens is 1. The van der Waals surface area contributed by atoms with Crippen molar-refractivity contribution in [1.29, 1.82) is 0 Å². The largest absolute Gasteiger partial charge is 0.441 e. The fraction of sp³-hybridized carbons (Fsp3) is 0.538. The number of thioether (sulfide) groups is 1. The molecule has 1 amide bonds. The van der Waals surface area contributed by atoms with Crippen LogP contribution in [-0.4, -0.2) is 44.4 Å². The number of amides is 1. The van der Waals surface area contributed by atoms with Crippen LogP contribution in [0.1, 0.15) is 12.2 Å². The number of oxazole rings is 1. The highest BCUT2D eigenvalue weighted by atomic mass is 32.2. The summed E-state index contributed by atoms with van der Waals surface area (Å²) in [7, 11) is 0. The Hall–Kier alpha value is -1.79. The number of anilines is 1. The van der Waals surface area contributed by atoms with Crippen LogP contribution in [0.15, 0.2) is 26.2 Å². The van der Waals surface area contributed by atoms with Gasteiger partial charge in [-0.3, -0.25) is 13.9 Å². The summed E-state index contributed by atoms with van der Waals surface area (Å²) >= 11 is 2.66. The molecule has 2 heterocycles. The van der Waals surface area contributed by atoms with Gasteiger partial charge in [0.1, 0.15) is 6.26 Å². The van der Waals surface area contributed by atoms with Crippen LogP contribution in [0.3, 0.4) is 0 Å². The lowest BCUT2D eigenvalue weighted by Crippen LogP contribution is -2.41. The quantitative estimate of drug-likeness (QED) is 0.468. The van der Waals surface area contributed by atoms with Crippen molar-refractivity contribution in [2.45, 2.75) is 25.7 Å². The van der Waals surface area contributed by atoms with Gasteiger partial charge < -0.3 is 10.2 Å². The molecule has 1 atom stereocenters. The molecule has 0 bridgehead atoms. The van der Waals surface area contributed by atoms with E-state index in [9.17, 15) is 14.0 Å². The van der Waals surface area contributed by atoms with E-state index >= 15 is 0 Å². The Kier molecular flexibility index (Phi) is 7.52. The second-order valence-corrected chi connectivity index (χ2v) is 6.74. The van der Waals surface area contributed by atoms with E-state index in [1.54, 1.807) is 6.26 Å². The predicted octanol–water partition coefficient (Wildman–Crippen LogP) is 1.06. The molecule has 25 heavy (non-hydrogen) atoms. The maximum absolute atomic E-state index is 12.6. The SMILES string of the molecule is CSN(C(=O)[C@@H](N)CCSCCn1c(CF)noc1=O)c1ncco1. The minimum atomic E-state index is -0.860. The van der Waals surface area contributed by atoms with Crippen molar-refractivity contribution < 1.29 is 18.1 Å². The molecule has 0 saturated carbocycles. The maximum atomic E-state index is 12.6. The lowest BCUT2D eigenvalue weighted by molar-refractivity contribution is -0.118. The van der Waals surface area contributed by atoms with Gasteiger partial charge in [0.2, 0.25) is 0 Å². The van der Waals surface area contributed by atoms with Crippen molar-refractivity contribution in [3.63, 3.8) is 0 Å². The standard InChI is InChI=1S/C13H18FN5O4S2/c1-24-19(12-16-3-5-22-12)11(20)9(15)2-6-25-7-4-18-10(8-14)17-23-13(18)21/h3,5,9H,2,4,6-8,15H2,1H3/t9-/m0/s1. The molecule has 12 heteroatoms. The third kappa shape index (κ3) is 5.09. The van der Waals surface area contributed by atoms with Gasteiger partial charge in [-0.05, 0) is 24.1 Å². The lowest BCUT2D eigenvalue weighted by atomic mass is 10.2. The summed E-state index contributed by atoms with van der Waals surface area (Å²) in [6.45, 7) is -0.580. The topological polar surface area (TPSA) is 120 Å². The Morgan fingerprint density at radius 2 is 2.32 bits per heavy atom. The van der Waals surface area contributed by atoms with Gasteiger partial charge in [0.15, 0.2) is 12.5 Å². The van der Waals surface area contributed by atoms with Crippen LogP contribution in [0.4, 0.5) is 10.4 Å². The molecule has 0 unspecified atom stereocenters. The molecule has 0 aliphatic carbocycles. The van der Waals surface area contributed by atoms with Gasteiger partial charge in [-0.1, -0.05) is 5.16 Å². The molecule has 0 radical (unpaired) electrons. The third-order valence-corrected chi connectivity index (χ3v) is 4.90. The van der Waals surface area contributed by atoms with Gasteiger partial charge in [-0.2, -0.15) is 11.8 Å². The molecule has 0 fully saturated rings. The van der Waals surface area contributed by atoms with Gasteiger partial charge in [0.25, 0.3) is 5.91 Å². The summed E-state index contributed by atoms with van der Waals surface area (Å²) in [5.74, 6) is 0.137. The normalized spacial score (nSPS) is 12.3. The van der Waals surface area contributed by atoms with E-state index in [0.717, 1.165) is 16.5 Å². The zero-order chi connectivity index (χ0) is 18.2. The van der Waals surface area contributed by atoms with E-state index in [0.29, 0.717) is 17.9 Å². The number of hydrogen-bond acceptors (Lipinski definition) is 9. The third-order valence-electron chi connectivity index (χ3n) is 3.21. The van der Waals surface area contributed by atoms with Crippen molar-refractivity contribution in [2.75, 3.05) is 22.1 Å². The first-order valence-corrected chi connectivity index (χ1v) is 9.64. The molecule has 2 aromatic rings. The molecule has 138 valence electrons. The molecular weight excluding hydrogens is 373 g/mol. The number of rotatable bonds is 10. The number of nitrogens with zero attached hydrogens (tertiary/aromatic N) is 4. The van der Waals surface area contributed by atoms with Gasteiger partial charge in [0.05, 0.1) is 12.2 Å². The first-order chi connectivity index (χ1) is 12.1. The first-order valence-electron chi connectivity index (χ1n) is 7.30. The average molecular weight is 391 g/mol. The zero-order valence-corrected chi connectivity index (χ0v) is 15.1. The van der Waals surface area contributed by atoms with Crippen LogP contribution < -0.4 is 15.8 Å². The second-order valence-electron chi connectivity index (χ2n) is 4.79. The van der Waals surface area contributed by atoms with Crippen LogP contribution in [0.5, 0.6) is 0 Å². The number of aromatic nitrogens is 3. The van der Waals surface area contributed by atoms with Crippen LogP contribution in [-0.2, 0) is 18.0 Å². The molecule has 0 saturated heterocycles. The van der Waals surface area contributed by atoms with Crippen molar-refractivity contribution in [3.8, 4) is 0 Å². The summed E-state index contributed by atoms with van der Waals surface area (Å²) in [5, 5.41) is 3.34. The van der Waals surface area contributed by atoms with Crippen LogP contribution in [0.2, 0.25) is 0 Å². The molecule has 0 aliphatic rings. The minimum Gasteiger partial charge on any atom is -0.431 e. The highest BCUT2D eigenvalue weighted by molar-refractivity contribution is 8.00. The summed E-state index contributed by atoms with van der Waals surface area (Å²) in [5.41, 5.74) is 5.93. The Morgan fingerprint density at radius 1 is 1.52 bits per heavy atom. The minimum absolute atomic E-state index is 0.0287. The first kappa shape index (κ1) is 19.5. The van der Waals surface area contributed by atoms with E-state index in [-0.39, 0.29) is 24.3 Å². The lowest BCUT2D eigenvalue weighted by Gasteiger charge is -2.19. The highest BCUT2D eigenvalue weighted by Gasteiger charge is 2.24. The Morgan fingerprint density at radius 3 is 2.96 bits per heavy atom. The summed E-state index contributed by atoms with van der Waals surface area (Å²) < 4.78 is 24.6. The van der Waals surface area contributed by atoms with Gasteiger partial charge in [-0.25, -0.2) is 18.5 Å². The molecule has 9 nitrogen and oxygen atoms in total. The smallest absolute Gasteiger partial charge is 0.431 e. The number of carbonyl (C=O) groups is 1. The molecule has 2 N–H and O–H groups in total. The number of hydrogen-bond donors (Lipinski definition) is 1. The van der Waals surface area contributed by atoms with Crippen molar-refractivity contribution in [1.82, 2.24) is 14.7 Å². The Balaban J connectivity index is 1.74. The highest BCUT2D eigenvalue weighted by Crippen LogP contribution is 2.20. The van der Waals surface area contributed by atoms with Crippen molar-refractivity contribution in [2.24, 2.45) is 5.73 Å². The zero-order valence-electron chi connectivity index (χ0n) is 13.5. The fourth-order valence-corrected chi connectivity index (χ4v) is 3.43. The van der Waals surface area contributed by atoms with Crippen molar-refractivity contribution in [3.05, 3.63) is 28.8 Å².